The lowest BCUT2D eigenvalue weighted by Gasteiger charge is -2.15. The highest BCUT2D eigenvalue weighted by Gasteiger charge is 2.19. The Morgan fingerprint density at radius 2 is 1.96 bits per heavy atom. The molecule has 7 nitrogen and oxygen atoms in total. The first-order valence-electron chi connectivity index (χ1n) is 7.41. The van der Waals surface area contributed by atoms with Crippen molar-refractivity contribution in [1.82, 2.24) is 5.32 Å². The Balaban J connectivity index is 1.77. The molecule has 1 N–H and O–H groups in total. The summed E-state index contributed by atoms with van der Waals surface area (Å²) < 4.78 is 10.6. The number of rotatable bonds is 4. The number of fused-ring (bicyclic) bond motifs is 1. The average molecular weight is 328 g/mol. The van der Waals surface area contributed by atoms with Crippen LogP contribution in [0.1, 0.15) is 34.5 Å². The molecule has 0 radical (unpaired) electrons. The number of nitrogens with zero attached hydrogens (tertiary/aromatic N) is 1. The van der Waals surface area contributed by atoms with Gasteiger partial charge in [-0.25, -0.2) is 0 Å². The Labute approximate surface area is 138 Å². The minimum absolute atomic E-state index is 0.0709. The lowest BCUT2D eigenvalue weighted by atomic mass is 10.1. The zero-order valence-electron chi connectivity index (χ0n) is 13.2. The van der Waals surface area contributed by atoms with Gasteiger partial charge in [0.1, 0.15) is 0 Å². The van der Waals surface area contributed by atoms with Crippen molar-refractivity contribution in [2.24, 2.45) is 0 Å². The zero-order chi connectivity index (χ0) is 17.3. The molecular formula is C17H16N2O5. The van der Waals surface area contributed by atoms with E-state index in [2.05, 4.69) is 5.32 Å². The number of nitro benzene ring substituents is 1. The summed E-state index contributed by atoms with van der Waals surface area (Å²) in [5.74, 6) is 0.939. The fourth-order valence-corrected chi connectivity index (χ4v) is 2.49. The summed E-state index contributed by atoms with van der Waals surface area (Å²) in [6, 6.07) is 9.59. The summed E-state index contributed by atoms with van der Waals surface area (Å²) in [4.78, 5) is 22.9. The summed E-state index contributed by atoms with van der Waals surface area (Å²) in [6.45, 7) is 3.65. The van der Waals surface area contributed by atoms with Crippen molar-refractivity contribution in [3.63, 3.8) is 0 Å². The van der Waals surface area contributed by atoms with Crippen LogP contribution in [0.5, 0.6) is 11.5 Å². The van der Waals surface area contributed by atoms with Gasteiger partial charge in [0.15, 0.2) is 11.5 Å². The molecule has 1 aliphatic rings. The van der Waals surface area contributed by atoms with E-state index in [-0.39, 0.29) is 30.0 Å². The molecule has 0 spiro atoms. The van der Waals surface area contributed by atoms with Gasteiger partial charge < -0.3 is 14.8 Å². The van der Waals surface area contributed by atoms with E-state index in [1.807, 2.05) is 19.1 Å². The van der Waals surface area contributed by atoms with Crippen molar-refractivity contribution in [3.05, 3.63) is 63.2 Å². The van der Waals surface area contributed by atoms with Crippen molar-refractivity contribution in [3.8, 4) is 11.5 Å². The third kappa shape index (κ3) is 3.01. The first-order chi connectivity index (χ1) is 11.5. The quantitative estimate of drug-likeness (QED) is 0.688. The van der Waals surface area contributed by atoms with Gasteiger partial charge in [-0.2, -0.15) is 0 Å². The molecule has 7 heteroatoms. The third-order valence-electron chi connectivity index (χ3n) is 3.91. The minimum atomic E-state index is -0.493. The largest absolute Gasteiger partial charge is 0.454 e. The number of carbonyl (C=O) groups is 1. The molecule has 1 aliphatic heterocycles. The van der Waals surface area contributed by atoms with Crippen molar-refractivity contribution in [2.75, 3.05) is 6.79 Å². The van der Waals surface area contributed by atoms with Crippen LogP contribution in [0.15, 0.2) is 36.4 Å². The van der Waals surface area contributed by atoms with Gasteiger partial charge in [-0.3, -0.25) is 14.9 Å². The van der Waals surface area contributed by atoms with Crippen molar-refractivity contribution in [1.29, 1.82) is 0 Å². The zero-order valence-corrected chi connectivity index (χ0v) is 13.2. The molecule has 3 rings (SSSR count). The molecular weight excluding hydrogens is 312 g/mol. The van der Waals surface area contributed by atoms with Crippen LogP contribution in [0.2, 0.25) is 0 Å². The molecule has 0 saturated carbocycles. The number of aryl methyl sites for hydroxylation is 1. The molecule has 2 aromatic rings. The molecule has 1 atom stereocenters. The standard InChI is InChI=1S/C17H16N2O5/c1-10-3-4-13(7-14(10)19(21)22)17(20)18-11(2)12-5-6-15-16(8-12)24-9-23-15/h3-8,11H,9H2,1-2H3,(H,18,20). The predicted octanol–water partition coefficient (Wildman–Crippen LogP) is 3.12. The molecule has 0 aliphatic carbocycles. The number of benzene rings is 2. The van der Waals surface area contributed by atoms with Gasteiger partial charge in [-0.15, -0.1) is 0 Å². The normalized spacial score (nSPS) is 13.4. The third-order valence-corrected chi connectivity index (χ3v) is 3.91. The predicted molar refractivity (Wildman–Crippen MR) is 86.3 cm³/mol. The molecule has 0 fully saturated rings. The smallest absolute Gasteiger partial charge is 0.273 e. The maximum Gasteiger partial charge on any atom is 0.273 e. The molecule has 124 valence electrons. The lowest BCUT2D eigenvalue weighted by Crippen LogP contribution is -2.26. The minimum Gasteiger partial charge on any atom is -0.454 e. The number of hydrogen-bond donors (Lipinski definition) is 1. The van der Waals surface area contributed by atoms with E-state index in [0.29, 0.717) is 17.1 Å². The first kappa shape index (κ1) is 15.8. The lowest BCUT2D eigenvalue weighted by molar-refractivity contribution is -0.385. The maximum absolute atomic E-state index is 12.4. The fraction of sp³-hybridized carbons (Fsp3) is 0.235. The van der Waals surface area contributed by atoms with Crippen LogP contribution < -0.4 is 14.8 Å². The Bertz CT molecular complexity index is 819. The summed E-state index contributed by atoms with van der Waals surface area (Å²) in [5, 5.41) is 13.8. The number of nitrogens with one attached hydrogen (secondary N) is 1. The summed E-state index contributed by atoms with van der Waals surface area (Å²) in [6.07, 6.45) is 0. The van der Waals surface area contributed by atoms with Crippen LogP contribution in [-0.4, -0.2) is 17.6 Å². The van der Waals surface area contributed by atoms with Crippen molar-refractivity contribution >= 4 is 11.6 Å². The van der Waals surface area contributed by atoms with E-state index in [1.165, 1.54) is 6.07 Å². The van der Waals surface area contributed by atoms with Crippen LogP contribution in [0, 0.1) is 17.0 Å². The van der Waals surface area contributed by atoms with Gasteiger partial charge in [0.2, 0.25) is 6.79 Å². The van der Waals surface area contributed by atoms with E-state index in [0.717, 1.165) is 5.56 Å². The highest BCUT2D eigenvalue weighted by atomic mass is 16.7. The molecule has 0 aromatic heterocycles. The molecule has 2 aromatic carbocycles. The van der Waals surface area contributed by atoms with Crippen LogP contribution in [0.3, 0.4) is 0 Å². The van der Waals surface area contributed by atoms with Crippen LogP contribution in [-0.2, 0) is 0 Å². The molecule has 1 amide bonds. The molecule has 0 saturated heterocycles. The first-order valence-corrected chi connectivity index (χ1v) is 7.41. The average Bonchev–Trinajstić information content (AvgIpc) is 3.02. The number of hydrogen-bond acceptors (Lipinski definition) is 5. The van der Waals surface area contributed by atoms with Gasteiger partial charge >= 0.3 is 0 Å². The SMILES string of the molecule is Cc1ccc(C(=O)NC(C)c2ccc3c(c2)OCO3)cc1[N+](=O)[O-]. The summed E-state index contributed by atoms with van der Waals surface area (Å²) in [5.41, 5.74) is 1.55. The Morgan fingerprint density at radius 3 is 2.71 bits per heavy atom. The monoisotopic (exact) mass is 328 g/mol. The Kier molecular flexibility index (Phi) is 4.07. The van der Waals surface area contributed by atoms with E-state index < -0.39 is 4.92 Å². The summed E-state index contributed by atoms with van der Waals surface area (Å²) >= 11 is 0. The number of nitro groups is 1. The Hall–Kier alpha value is -3.09. The number of carbonyl (C=O) groups excluding carboxylic acids is 1. The van der Waals surface area contributed by atoms with Crippen LogP contribution in [0.25, 0.3) is 0 Å². The second-order valence-electron chi connectivity index (χ2n) is 5.57. The van der Waals surface area contributed by atoms with E-state index in [4.69, 9.17) is 9.47 Å². The fourth-order valence-electron chi connectivity index (χ4n) is 2.49. The van der Waals surface area contributed by atoms with Gasteiger partial charge in [0, 0.05) is 17.2 Å². The van der Waals surface area contributed by atoms with Crippen LogP contribution >= 0.6 is 0 Å². The van der Waals surface area contributed by atoms with Crippen LogP contribution in [0.4, 0.5) is 5.69 Å². The molecule has 0 bridgehead atoms. The van der Waals surface area contributed by atoms with E-state index in [9.17, 15) is 14.9 Å². The topological polar surface area (TPSA) is 90.7 Å². The maximum atomic E-state index is 12.4. The molecule has 1 heterocycles. The highest BCUT2D eigenvalue weighted by molar-refractivity contribution is 5.95. The summed E-state index contributed by atoms with van der Waals surface area (Å²) in [7, 11) is 0. The molecule has 24 heavy (non-hydrogen) atoms. The number of amides is 1. The van der Waals surface area contributed by atoms with Gasteiger partial charge in [0.25, 0.3) is 11.6 Å². The highest BCUT2D eigenvalue weighted by Crippen LogP contribution is 2.34. The van der Waals surface area contributed by atoms with E-state index in [1.54, 1.807) is 25.1 Å². The van der Waals surface area contributed by atoms with Gasteiger partial charge in [-0.05, 0) is 37.6 Å². The Morgan fingerprint density at radius 1 is 1.21 bits per heavy atom. The molecule has 1 unspecified atom stereocenters. The second kappa shape index (κ2) is 6.19. The second-order valence-corrected chi connectivity index (χ2v) is 5.57. The van der Waals surface area contributed by atoms with Gasteiger partial charge in [0.05, 0.1) is 11.0 Å². The van der Waals surface area contributed by atoms with Gasteiger partial charge in [-0.1, -0.05) is 12.1 Å². The van der Waals surface area contributed by atoms with Crippen molar-refractivity contribution in [2.45, 2.75) is 19.9 Å². The van der Waals surface area contributed by atoms with E-state index >= 15 is 0 Å². The number of ether oxygens (including phenoxy) is 2. The van der Waals surface area contributed by atoms with Crippen molar-refractivity contribution < 1.29 is 19.2 Å².